The molecule has 0 aliphatic carbocycles. The first-order valence-electron chi connectivity index (χ1n) is 14.3. The van der Waals surface area contributed by atoms with E-state index in [4.69, 9.17) is 0 Å². The Morgan fingerprint density at radius 1 is 0.930 bits per heavy atom. The summed E-state index contributed by atoms with van der Waals surface area (Å²) < 4.78 is 2.07. The SMILES string of the molecule is Cc1ccc(-c2nnc(SCCCC(=O)N3CCN(C(=O)c4ccc([N+](=O)[O-])cc4)C(C)C3)n2-c2ccc(C)cc2)cc1. The van der Waals surface area contributed by atoms with Gasteiger partial charge in [-0.1, -0.05) is 59.3 Å². The zero-order valence-corrected chi connectivity index (χ0v) is 25.3. The summed E-state index contributed by atoms with van der Waals surface area (Å²) in [5.41, 5.74) is 4.67. The van der Waals surface area contributed by atoms with Crippen LogP contribution in [0.5, 0.6) is 0 Å². The lowest BCUT2D eigenvalue weighted by Gasteiger charge is -2.40. The summed E-state index contributed by atoms with van der Waals surface area (Å²) in [4.78, 5) is 40.0. The van der Waals surface area contributed by atoms with E-state index in [1.54, 1.807) is 16.7 Å². The van der Waals surface area contributed by atoms with Crippen molar-refractivity contribution in [1.29, 1.82) is 0 Å². The molecule has 2 heterocycles. The van der Waals surface area contributed by atoms with E-state index in [1.807, 2.05) is 11.8 Å². The number of benzene rings is 3. The highest BCUT2D eigenvalue weighted by Crippen LogP contribution is 2.29. The second-order valence-electron chi connectivity index (χ2n) is 10.8. The molecule has 0 radical (unpaired) electrons. The number of thioether (sulfide) groups is 1. The molecule has 5 rings (SSSR count). The van der Waals surface area contributed by atoms with Gasteiger partial charge in [-0.25, -0.2) is 0 Å². The van der Waals surface area contributed by atoms with E-state index in [0.717, 1.165) is 22.2 Å². The first kappa shape index (κ1) is 30.0. The Balaban J connectivity index is 1.17. The van der Waals surface area contributed by atoms with Crippen LogP contribution in [0.3, 0.4) is 0 Å². The van der Waals surface area contributed by atoms with Crippen LogP contribution in [-0.2, 0) is 4.79 Å². The third kappa shape index (κ3) is 6.94. The van der Waals surface area contributed by atoms with Crippen LogP contribution in [0.15, 0.2) is 78.0 Å². The summed E-state index contributed by atoms with van der Waals surface area (Å²) in [7, 11) is 0. The third-order valence-electron chi connectivity index (χ3n) is 7.57. The number of aromatic nitrogens is 3. The molecule has 0 N–H and O–H groups in total. The van der Waals surface area contributed by atoms with Gasteiger partial charge in [0, 0.05) is 66.8 Å². The van der Waals surface area contributed by atoms with Crippen LogP contribution < -0.4 is 0 Å². The smallest absolute Gasteiger partial charge is 0.269 e. The Morgan fingerprint density at radius 2 is 1.58 bits per heavy atom. The molecule has 1 atom stereocenters. The molecular weight excluding hydrogens is 564 g/mol. The number of nitro benzene ring substituents is 1. The van der Waals surface area contributed by atoms with E-state index in [2.05, 4.69) is 77.1 Å². The summed E-state index contributed by atoms with van der Waals surface area (Å²) in [6.45, 7) is 7.35. The fraction of sp³-hybridized carbons (Fsp3) is 0.312. The van der Waals surface area contributed by atoms with Gasteiger partial charge >= 0.3 is 0 Å². The van der Waals surface area contributed by atoms with E-state index in [0.29, 0.717) is 43.8 Å². The number of hydrogen-bond acceptors (Lipinski definition) is 7. The summed E-state index contributed by atoms with van der Waals surface area (Å²) in [5, 5.41) is 20.7. The van der Waals surface area contributed by atoms with Crippen molar-refractivity contribution in [2.45, 2.75) is 44.8 Å². The lowest BCUT2D eigenvalue weighted by Crippen LogP contribution is -2.55. The van der Waals surface area contributed by atoms with Crippen LogP contribution in [-0.4, -0.2) is 72.7 Å². The average molecular weight is 599 g/mol. The number of nitro groups is 1. The molecule has 222 valence electrons. The highest BCUT2D eigenvalue weighted by atomic mass is 32.2. The van der Waals surface area contributed by atoms with Gasteiger partial charge < -0.3 is 9.80 Å². The van der Waals surface area contributed by atoms with Crippen LogP contribution in [0.4, 0.5) is 5.69 Å². The Kier molecular flexibility index (Phi) is 9.20. The maximum Gasteiger partial charge on any atom is 0.269 e. The highest BCUT2D eigenvalue weighted by Gasteiger charge is 2.30. The van der Waals surface area contributed by atoms with Crippen molar-refractivity contribution in [3.8, 4) is 17.1 Å². The Bertz CT molecular complexity index is 1600. The van der Waals surface area contributed by atoms with E-state index in [-0.39, 0.29) is 23.5 Å². The van der Waals surface area contributed by atoms with E-state index >= 15 is 0 Å². The second kappa shape index (κ2) is 13.2. The van der Waals surface area contributed by atoms with E-state index in [9.17, 15) is 19.7 Å². The molecule has 4 aromatic rings. The summed E-state index contributed by atoms with van der Waals surface area (Å²) in [5.74, 6) is 1.36. The lowest BCUT2D eigenvalue weighted by molar-refractivity contribution is -0.384. The molecule has 1 unspecified atom stereocenters. The predicted molar refractivity (Wildman–Crippen MR) is 166 cm³/mol. The minimum Gasteiger partial charge on any atom is -0.339 e. The molecule has 1 aliphatic heterocycles. The largest absolute Gasteiger partial charge is 0.339 e. The van der Waals surface area contributed by atoms with Crippen molar-refractivity contribution in [2.24, 2.45) is 0 Å². The number of amides is 2. The molecule has 1 saturated heterocycles. The average Bonchev–Trinajstić information content (AvgIpc) is 3.43. The standard InChI is InChI=1S/C32H34N6O4S/c1-22-6-10-25(11-7-22)30-33-34-32(37(30)27-14-8-23(2)9-15-27)43-20-4-5-29(39)35-18-19-36(24(3)21-35)31(40)26-12-16-28(17-13-26)38(41)42/h6-17,24H,4-5,18-21H2,1-3H3. The molecule has 0 saturated carbocycles. The van der Waals surface area contributed by atoms with Gasteiger partial charge in [0.05, 0.1) is 4.92 Å². The van der Waals surface area contributed by atoms with Gasteiger partial charge in [0.2, 0.25) is 5.91 Å². The monoisotopic (exact) mass is 598 g/mol. The van der Waals surface area contributed by atoms with Gasteiger partial charge in [0.1, 0.15) is 0 Å². The molecule has 11 heteroatoms. The molecule has 1 aliphatic rings. The minimum absolute atomic E-state index is 0.0553. The number of nitrogens with zero attached hydrogens (tertiary/aromatic N) is 6. The molecule has 2 amide bonds. The first-order chi connectivity index (χ1) is 20.7. The van der Waals surface area contributed by atoms with Crippen molar-refractivity contribution in [1.82, 2.24) is 24.6 Å². The quantitative estimate of drug-likeness (QED) is 0.105. The third-order valence-corrected chi connectivity index (χ3v) is 8.58. The van der Waals surface area contributed by atoms with Gasteiger partial charge in [0.15, 0.2) is 11.0 Å². The molecule has 0 bridgehead atoms. The number of carbonyl (C=O) groups is 2. The number of rotatable bonds is 9. The van der Waals surface area contributed by atoms with Gasteiger partial charge in [-0.15, -0.1) is 10.2 Å². The maximum absolute atomic E-state index is 13.1. The first-order valence-corrected chi connectivity index (χ1v) is 15.3. The van der Waals surface area contributed by atoms with Crippen LogP contribution in [0.1, 0.15) is 41.3 Å². The fourth-order valence-corrected chi connectivity index (χ4v) is 5.99. The molecule has 43 heavy (non-hydrogen) atoms. The normalized spacial score (nSPS) is 15.0. The summed E-state index contributed by atoms with van der Waals surface area (Å²) >= 11 is 1.58. The molecule has 1 aromatic heterocycles. The molecule has 3 aromatic carbocycles. The Labute approximate surface area is 254 Å². The number of non-ortho nitro benzene ring substituents is 1. The topological polar surface area (TPSA) is 114 Å². The van der Waals surface area contributed by atoms with Gasteiger partial charge in [0.25, 0.3) is 11.6 Å². The number of carbonyl (C=O) groups excluding carboxylic acids is 2. The minimum atomic E-state index is -0.489. The molecule has 0 spiro atoms. The fourth-order valence-electron chi connectivity index (χ4n) is 5.10. The molecule has 1 fully saturated rings. The van der Waals surface area contributed by atoms with E-state index < -0.39 is 4.92 Å². The van der Waals surface area contributed by atoms with Crippen molar-refractivity contribution < 1.29 is 14.5 Å². The Morgan fingerprint density at radius 3 is 2.21 bits per heavy atom. The number of hydrogen-bond donors (Lipinski definition) is 0. The van der Waals surface area contributed by atoms with Gasteiger partial charge in [-0.2, -0.15) is 0 Å². The van der Waals surface area contributed by atoms with Crippen molar-refractivity contribution in [2.75, 3.05) is 25.4 Å². The van der Waals surface area contributed by atoms with Crippen molar-refractivity contribution >= 4 is 29.3 Å². The molecular formula is C32H34N6O4S. The van der Waals surface area contributed by atoms with Gasteiger partial charge in [-0.3, -0.25) is 24.3 Å². The van der Waals surface area contributed by atoms with Gasteiger partial charge in [-0.05, 0) is 51.5 Å². The zero-order chi connectivity index (χ0) is 30.5. The highest BCUT2D eigenvalue weighted by molar-refractivity contribution is 7.99. The Hall–Kier alpha value is -4.51. The van der Waals surface area contributed by atoms with E-state index in [1.165, 1.54) is 35.4 Å². The van der Waals surface area contributed by atoms with Crippen molar-refractivity contribution in [3.63, 3.8) is 0 Å². The predicted octanol–water partition coefficient (Wildman–Crippen LogP) is 5.70. The van der Waals surface area contributed by atoms with Crippen LogP contribution >= 0.6 is 11.8 Å². The maximum atomic E-state index is 13.1. The molecule has 10 nitrogen and oxygen atoms in total. The lowest BCUT2D eigenvalue weighted by atomic mass is 10.1. The van der Waals surface area contributed by atoms with Crippen LogP contribution in [0.2, 0.25) is 0 Å². The number of aryl methyl sites for hydroxylation is 2. The second-order valence-corrected chi connectivity index (χ2v) is 11.8. The number of piperazine rings is 1. The zero-order valence-electron chi connectivity index (χ0n) is 24.5. The van der Waals surface area contributed by atoms with Crippen LogP contribution in [0.25, 0.3) is 17.1 Å². The van der Waals surface area contributed by atoms with Crippen LogP contribution in [0, 0.1) is 24.0 Å². The summed E-state index contributed by atoms with van der Waals surface area (Å²) in [6, 6.07) is 22.0. The van der Waals surface area contributed by atoms with Crippen molar-refractivity contribution in [3.05, 3.63) is 99.6 Å². The summed E-state index contributed by atoms with van der Waals surface area (Å²) in [6.07, 6.45) is 1.08.